The lowest BCUT2D eigenvalue weighted by Gasteiger charge is -2.20. The van der Waals surface area contributed by atoms with Crippen LogP contribution in [0.3, 0.4) is 0 Å². The highest BCUT2D eigenvalue weighted by Crippen LogP contribution is 2.31. The molecule has 1 fully saturated rings. The Morgan fingerprint density at radius 1 is 1.42 bits per heavy atom. The van der Waals surface area contributed by atoms with Crippen molar-refractivity contribution < 1.29 is 14.4 Å². The van der Waals surface area contributed by atoms with Crippen LogP contribution in [0.1, 0.15) is 19.3 Å². The molecule has 6 nitrogen and oxygen atoms in total. The zero-order valence-electron chi connectivity index (χ0n) is 13.2. The van der Waals surface area contributed by atoms with E-state index in [-0.39, 0.29) is 23.0 Å². The minimum Gasteiger partial charge on any atom is -0.352 e. The molecule has 0 bridgehead atoms. The van der Waals surface area contributed by atoms with E-state index in [0.717, 1.165) is 18.7 Å². The number of nitrogens with one attached hydrogen (secondary N) is 1. The summed E-state index contributed by atoms with van der Waals surface area (Å²) in [6.07, 6.45) is 11.1. The number of rotatable bonds is 5. The molecule has 126 valence electrons. The van der Waals surface area contributed by atoms with Crippen molar-refractivity contribution in [2.75, 3.05) is 19.6 Å². The summed E-state index contributed by atoms with van der Waals surface area (Å²) in [4.78, 5) is 41.6. The number of amides is 3. The van der Waals surface area contributed by atoms with Crippen molar-refractivity contribution in [2.45, 2.75) is 24.5 Å². The molecule has 2 heterocycles. The Morgan fingerprint density at radius 2 is 2.29 bits per heavy atom. The fraction of sp³-hybridized carbons (Fsp3) is 0.412. The van der Waals surface area contributed by atoms with Crippen LogP contribution in [0, 0.1) is 0 Å². The maximum atomic E-state index is 12.0. The van der Waals surface area contributed by atoms with Crippen LogP contribution in [-0.2, 0) is 14.4 Å². The molecule has 0 aromatic heterocycles. The predicted octanol–water partition coefficient (Wildman–Crippen LogP) is 1.21. The number of nitrogens with zero attached hydrogens (tertiary/aromatic N) is 2. The van der Waals surface area contributed by atoms with E-state index in [1.807, 2.05) is 29.2 Å². The number of aliphatic imine (C=N–C) groups is 1. The number of fused-ring (bicyclic) bond motifs is 1. The van der Waals surface area contributed by atoms with Gasteiger partial charge in [-0.25, -0.2) is 4.99 Å². The monoisotopic (exact) mass is 345 g/mol. The van der Waals surface area contributed by atoms with Crippen LogP contribution in [0.25, 0.3) is 0 Å². The highest BCUT2D eigenvalue weighted by atomic mass is 32.2. The molecule has 1 saturated heterocycles. The molecule has 0 spiro atoms. The molecule has 24 heavy (non-hydrogen) atoms. The summed E-state index contributed by atoms with van der Waals surface area (Å²) in [7, 11) is 0. The van der Waals surface area contributed by atoms with E-state index in [9.17, 15) is 14.4 Å². The second-order valence-corrected chi connectivity index (χ2v) is 6.95. The summed E-state index contributed by atoms with van der Waals surface area (Å²) in [6, 6.07) is 0. The second kappa shape index (κ2) is 7.61. The van der Waals surface area contributed by atoms with E-state index in [2.05, 4.69) is 10.3 Å². The zero-order chi connectivity index (χ0) is 16.9. The first-order valence-corrected chi connectivity index (χ1v) is 8.93. The Balaban J connectivity index is 1.47. The van der Waals surface area contributed by atoms with E-state index in [1.165, 1.54) is 17.8 Å². The second-order valence-electron chi connectivity index (χ2n) is 5.76. The molecular formula is C17H19N3O3S. The Kier molecular flexibility index (Phi) is 5.30. The van der Waals surface area contributed by atoms with Gasteiger partial charge in [-0.15, -0.1) is 11.8 Å². The highest BCUT2D eigenvalue weighted by Gasteiger charge is 2.26. The van der Waals surface area contributed by atoms with Crippen LogP contribution < -0.4 is 5.32 Å². The van der Waals surface area contributed by atoms with Gasteiger partial charge in [-0.3, -0.25) is 14.4 Å². The first-order chi connectivity index (χ1) is 11.6. The van der Waals surface area contributed by atoms with Gasteiger partial charge in [0.1, 0.15) is 0 Å². The maximum Gasteiger partial charge on any atom is 0.283 e. The fourth-order valence-electron chi connectivity index (χ4n) is 2.76. The number of carbonyl (C=O) groups is 3. The molecule has 3 rings (SSSR count). The van der Waals surface area contributed by atoms with Crippen molar-refractivity contribution >= 4 is 35.2 Å². The van der Waals surface area contributed by atoms with Crippen molar-refractivity contribution in [3.05, 3.63) is 35.3 Å². The third kappa shape index (κ3) is 4.03. The van der Waals surface area contributed by atoms with E-state index < -0.39 is 0 Å². The largest absolute Gasteiger partial charge is 0.352 e. The third-order valence-electron chi connectivity index (χ3n) is 3.99. The van der Waals surface area contributed by atoms with E-state index in [1.54, 1.807) is 0 Å². The first kappa shape index (κ1) is 16.7. The van der Waals surface area contributed by atoms with Gasteiger partial charge >= 0.3 is 0 Å². The van der Waals surface area contributed by atoms with Gasteiger partial charge < -0.3 is 10.2 Å². The number of thioether (sulfide) groups is 1. The summed E-state index contributed by atoms with van der Waals surface area (Å²) in [5.41, 5.74) is 0.723. The van der Waals surface area contributed by atoms with Gasteiger partial charge in [0.05, 0.1) is 15.9 Å². The highest BCUT2D eigenvalue weighted by molar-refractivity contribution is 8.05. The quantitative estimate of drug-likeness (QED) is 0.600. The standard InChI is InChI=1S/C17H19N3O3S/c21-15(18-8-4-10-20-9-3-7-16(20)22)11-14-17(23)19-12-5-1-2-6-13(12)24-14/h1-2,5-6,11,13H,3-4,7-10H2,(H,18,21)/b14-11-. The van der Waals surface area contributed by atoms with Gasteiger partial charge in [0, 0.05) is 32.1 Å². The Bertz CT molecular complexity index is 679. The van der Waals surface area contributed by atoms with Gasteiger partial charge in [0.2, 0.25) is 11.8 Å². The predicted molar refractivity (Wildman–Crippen MR) is 93.6 cm³/mol. The van der Waals surface area contributed by atoms with Crippen molar-refractivity contribution in [2.24, 2.45) is 4.99 Å². The van der Waals surface area contributed by atoms with Crippen LogP contribution in [0.15, 0.2) is 40.3 Å². The molecule has 0 aromatic rings. The summed E-state index contributed by atoms with van der Waals surface area (Å²) >= 11 is 1.34. The Labute approximate surface area is 144 Å². The van der Waals surface area contributed by atoms with Crippen molar-refractivity contribution in [1.29, 1.82) is 0 Å². The Morgan fingerprint density at radius 3 is 3.08 bits per heavy atom. The average molecular weight is 345 g/mol. The number of hydrogen-bond acceptors (Lipinski definition) is 4. The van der Waals surface area contributed by atoms with Crippen LogP contribution in [-0.4, -0.2) is 53.2 Å². The molecule has 2 aliphatic heterocycles. The molecule has 0 radical (unpaired) electrons. The van der Waals surface area contributed by atoms with E-state index in [0.29, 0.717) is 30.8 Å². The number of carbonyl (C=O) groups excluding carboxylic acids is 3. The van der Waals surface area contributed by atoms with Crippen molar-refractivity contribution in [3.63, 3.8) is 0 Å². The molecule has 1 N–H and O–H groups in total. The molecule has 1 aliphatic carbocycles. The maximum absolute atomic E-state index is 12.0. The minimum absolute atomic E-state index is 0.00655. The molecular weight excluding hydrogens is 326 g/mol. The summed E-state index contributed by atoms with van der Waals surface area (Å²) in [5, 5.41) is 2.76. The number of likely N-dealkylation sites (tertiary alicyclic amines) is 1. The van der Waals surface area contributed by atoms with E-state index >= 15 is 0 Å². The zero-order valence-corrected chi connectivity index (χ0v) is 14.1. The Hall–Kier alpha value is -2.15. The average Bonchev–Trinajstić information content (AvgIpc) is 2.97. The van der Waals surface area contributed by atoms with Crippen LogP contribution in [0.4, 0.5) is 0 Å². The lowest BCUT2D eigenvalue weighted by molar-refractivity contribution is -0.127. The molecule has 1 unspecified atom stereocenters. The van der Waals surface area contributed by atoms with E-state index in [4.69, 9.17) is 0 Å². The van der Waals surface area contributed by atoms with Gasteiger partial charge in [-0.2, -0.15) is 0 Å². The topological polar surface area (TPSA) is 78.8 Å². The smallest absolute Gasteiger partial charge is 0.283 e. The van der Waals surface area contributed by atoms with Gasteiger partial charge in [-0.1, -0.05) is 18.2 Å². The molecule has 1 atom stereocenters. The van der Waals surface area contributed by atoms with Crippen LogP contribution in [0.5, 0.6) is 0 Å². The summed E-state index contributed by atoms with van der Waals surface area (Å²) in [6.45, 7) is 1.95. The molecule has 3 amide bonds. The minimum atomic E-state index is -0.371. The molecule has 3 aliphatic rings. The molecule has 0 aromatic carbocycles. The lowest BCUT2D eigenvalue weighted by atomic mass is 10.1. The number of allylic oxidation sites excluding steroid dienone is 3. The SMILES string of the molecule is O=C(/C=C1\SC2C=CC=CC2=NC1=O)NCCCN1CCCC1=O. The van der Waals surface area contributed by atoms with Gasteiger partial charge in [0.15, 0.2) is 0 Å². The van der Waals surface area contributed by atoms with Gasteiger partial charge in [-0.05, 0) is 18.9 Å². The third-order valence-corrected chi connectivity index (χ3v) is 5.19. The van der Waals surface area contributed by atoms with Crippen LogP contribution >= 0.6 is 11.8 Å². The van der Waals surface area contributed by atoms with Crippen molar-refractivity contribution in [3.8, 4) is 0 Å². The normalized spacial score (nSPS) is 24.3. The molecule has 7 heteroatoms. The lowest BCUT2D eigenvalue weighted by Crippen LogP contribution is -2.30. The first-order valence-electron chi connectivity index (χ1n) is 8.05. The fourth-order valence-corrected chi connectivity index (χ4v) is 3.78. The summed E-state index contributed by atoms with van der Waals surface area (Å²) in [5.74, 6) is -0.479. The molecule has 0 saturated carbocycles. The summed E-state index contributed by atoms with van der Waals surface area (Å²) < 4.78 is 0. The van der Waals surface area contributed by atoms with Gasteiger partial charge in [0.25, 0.3) is 5.91 Å². The van der Waals surface area contributed by atoms with Crippen molar-refractivity contribution in [1.82, 2.24) is 10.2 Å². The number of hydrogen-bond donors (Lipinski definition) is 1. The van der Waals surface area contributed by atoms with Crippen LogP contribution in [0.2, 0.25) is 0 Å².